The van der Waals surface area contributed by atoms with Gasteiger partial charge in [0.1, 0.15) is 16.4 Å². The van der Waals surface area contributed by atoms with Gasteiger partial charge in [0, 0.05) is 9.86 Å². The zero-order chi connectivity index (χ0) is 18.5. The summed E-state index contributed by atoms with van der Waals surface area (Å²) < 4.78 is 63.0. The maximum Gasteiger partial charge on any atom is 0.269 e. The lowest BCUT2D eigenvalue weighted by Crippen LogP contribution is -2.17. The molecule has 0 radical (unpaired) electrons. The molecule has 1 aromatic heterocycles. The van der Waals surface area contributed by atoms with Crippen molar-refractivity contribution in [3.8, 4) is 0 Å². The molecule has 5 nitrogen and oxygen atoms in total. The third kappa shape index (κ3) is 2.95. The van der Waals surface area contributed by atoms with E-state index in [4.69, 9.17) is 0 Å². The fourth-order valence-corrected chi connectivity index (χ4v) is 5.33. The van der Waals surface area contributed by atoms with Crippen LogP contribution in [-0.4, -0.2) is 21.2 Å². The van der Waals surface area contributed by atoms with Crippen molar-refractivity contribution in [2.24, 2.45) is 0 Å². The minimum absolute atomic E-state index is 0.0987. The van der Waals surface area contributed by atoms with E-state index >= 15 is 0 Å². The fourth-order valence-electron chi connectivity index (χ4n) is 2.57. The lowest BCUT2D eigenvalue weighted by molar-refractivity contribution is 0.552. The average molecular weight is 446 g/mol. The molecule has 0 bridgehead atoms. The Labute approximate surface area is 154 Å². The zero-order valence-electron chi connectivity index (χ0n) is 13.2. The van der Waals surface area contributed by atoms with E-state index < -0.39 is 31.9 Å². The molecular weight excluding hydrogens is 433 g/mol. The Morgan fingerprint density at radius 1 is 1.16 bits per heavy atom. The predicted octanol–water partition coefficient (Wildman–Crippen LogP) is 3.98. The summed E-state index contributed by atoms with van der Waals surface area (Å²) in [6.45, 7) is 3.45. The highest BCUT2D eigenvalue weighted by Gasteiger charge is 2.28. The van der Waals surface area contributed by atoms with Gasteiger partial charge in [-0.05, 0) is 59.6 Å². The van der Waals surface area contributed by atoms with Crippen molar-refractivity contribution < 1.29 is 21.6 Å². The lowest BCUT2D eigenvalue weighted by Gasteiger charge is -2.11. The molecule has 3 rings (SSSR count). The maximum absolute atomic E-state index is 14.6. The zero-order valence-corrected chi connectivity index (χ0v) is 16.4. The monoisotopic (exact) mass is 445 g/mol. The first-order valence-electron chi connectivity index (χ1n) is 7.07. The van der Waals surface area contributed by atoms with Crippen LogP contribution in [0.4, 0.5) is 4.39 Å². The van der Waals surface area contributed by atoms with Gasteiger partial charge in [0.15, 0.2) is 0 Å². The van der Waals surface area contributed by atoms with Crippen LogP contribution >= 0.6 is 15.9 Å². The van der Waals surface area contributed by atoms with Crippen LogP contribution in [0.2, 0.25) is 0 Å². The summed E-state index contributed by atoms with van der Waals surface area (Å²) in [5.41, 5.74) is 1.13. The second-order valence-electron chi connectivity index (χ2n) is 5.57. The minimum atomic E-state index is -4.26. The van der Waals surface area contributed by atoms with Gasteiger partial charge >= 0.3 is 0 Å². The molecule has 0 spiro atoms. The number of fused-ring (bicyclic) bond motifs is 1. The summed E-state index contributed by atoms with van der Waals surface area (Å²) in [5, 5.41) is -0.202. The van der Waals surface area contributed by atoms with Gasteiger partial charge in [0.2, 0.25) is 11.1 Å². The second-order valence-corrected chi connectivity index (χ2v) is 9.06. The van der Waals surface area contributed by atoms with E-state index in [1.807, 2.05) is 0 Å². The summed E-state index contributed by atoms with van der Waals surface area (Å²) >= 11 is 0.664. The van der Waals surface area contributed by atoms with Gasteiger partial charge < -0.3 is 4.55 Å². The summed E-state index contributed by atoms with van der Waals surface area (Å²) in [4.78, 5) is -0.0987. The number of hydrogen-bond acceptors (Lipinski definition) is 3. The molecule has 0 aliphatic heterocycles. The average Bonchev–Trinajstić information content (AvgIpc) is 2.95. The molecule has 0 aliphatic rings. The molecule has 25 heavy (non-hydrogen) atoms. The molecule has 0 saturated carbocycles. The summed E-state index contributed by atoms with van der Waals surface area (Å²) in [6, 6.07) is 8.34. The molecule has 1 unspecified atom stereocenters. The minimum Gasteiger partial charge on any atom is -0.301 e. The van der Waals surface area contributed by atoms with Crippen LogP contribution in [0.25, 0.3) is 10.9 Å². The predicted molar refractivity (Wildman–Crippen MR) is 97.1 cm³/mol. The normalized spacial score (nSPS) is 13.3. The van der Waals surface area contributed by atoms with Crippen molar-refractivity contribution in [3.63, 3.8) is 0 Å². The first-order valence-corrected chi connectivity index (χ1v) is 10.4. The summed E-state index contributed by atoms with van der Waals surface area (Å²) in [6.07, 6.45) is 0. The standard InChI is InChI=1S/C16H13BrFNO4S2/c1-9-3-5-11(6-4-9)25(22,23)19-14(24(20)21)8-12-15(17)10(2)7-13(18)16(12)19/h3-8H,1-2H3,(H,20,21). The van der Waals surface area contributed by atoms with Gasteiger partial charge in [0.05, 0.1) is 4.90 Å². The highest BCUT2D eigenvalue weighted by molar-refractivity contribution is 9.10. The third-order valence-corrected chi connectivity index (χ3v) is 7.37. The smallest absolute Gasteiger partial charge is 0.269 e. The maximum atomic E-state index is 14.6. The molecule has 3 aromatic rings. The van der Waals surface area contributed by atoms with E-state index in [1.165, 1.54) is 24.3 Å². The van der Waals surface area contributed by atoms with Crippen molar-refractivity contribution in [2.45, 2.75) is 23.8 Å². The van der Waals surface area contributed by atoms with Gasteiger partial charge in [-0.3, -0.25) is 0 Å². The van der Waals surface area contributed by atoms with Crippen molar-refractivity contribution in [3.05, 3.63) is 57.8 Å². The second kappa shape index (κ2) is 6.31. The molecule has 0 saturated heterocycles. The Morgan fingerprint density at radius 2 is 1.76 bits per heavy atom. The van der Waals surface area contributed by atoms with Gasteiger partial charge in [-0.1, -0.05) is 17.7 Å². The number of halogens is 2. The van der Waals surface area contributed by atoms with E-state index in [2.05, 4.69) is 15.9 Å². The molecule has 9 heteroatoms. The van der Waals surface area contributed by atoms with Crippen molar-refractivity contribution in [2.75, 3.05) is 0 Å². The van der Waals surface area contributed by atoms with E-state index in [0.717, 1.165) is 5.56 Å². The van der Waals surface area contributed by atoms with E-state index in [-0.39, 0.29) is 15.8 Å². The number of rotatable bonds is 3. The summed E-state index contributed by atoms with van der Waals surface area (Å²) in [5.74, 6) is -0.789. The van der Waals surface area contributed by atoms with E-state index in [1.54, 1.807) is 26.0 Å². The first-order chi connectivity index (χ1) is 11.6. The van der Waals surface area contributed by atoms with Crippen LogP contribution in [-0.2, 0) is 21.1 Å². The van der Waals surface area contributed by atoms with Crippen LogP contribution in [0.3, 0.4) is 0 Å². The number of benzene rings is 2. The molecule has 1 N–H and O–H groups in total. The first kappa shape index (κ1) is 18.2. The van der Waals surface area contributed by atoms with Crippen LogP contribution < -0.4 is 0 Å². The quantitative estimate of drug-likeness (QED) is 0.618. The molecule has 0 aliphatic carbocycles. The van der Waals surface area contributed by atoms with Crippen LogP contribution in [0.1, 0.15) is 11.1 Å². The number of hydrogen-bond donors (Lipinski definition) is 1. The van der Waals surface area contributed by atoms with Gasteiger partial charge in [-0.2, -0.15) is 0 Å². The van der Waals surface area contributed by atoms with E-state index in [0.29, 0.717) is 14.0 Å². The Balaban J connectivity index is 2.46. The van der Waals surface area contributed by atoms with Crippen LogP contribution in [0.15, 0.2) is 50.8 Å². The number of aromatic nitrogens is 1. The Morgan fingerprint density at radius 3 is 2.32 bits per heavy atom. The highest BCUT2D eigenvalue weighted by atomic mass is 79.9. The topological polar surface area (TPSA) is 76.4 Å². The van der Waals surface area contributed by atoms with Crippen molar-refractivity contribution >= 4 is 47.9 Å². The molecule has 0 amide bonds. The summed E-state index contributed by atoms with van der Waals surface area (Å²) in [7, 11) is -4.26. The SMILES string of the molecule is Cc1ccc(S(=O)(=O)n2c(S(=O)O)cc3c(Br)c(C)cc(F)c32)cc1. The fraction of sp³-hybridized carbons (Fsp3) is 0.125. The van der Waals surface area contributed by atoms with Gasteiger partial charge in [-0.15, -0.1) is 0 Å². The number of aryl methyl sites for hydroxylation is 2. The van der Waals surface area contributed by atoms with Gasteiger partial charge in [0.25, 0.3) is 10.0 Å². The number of nitrogens with zero attached hydrogens (tertiary/aromatic N) is 1. The van der Waals surface area contributed by atoms with Crippen LogP contribution in [0, 0.1) is 19.7 Å². The van der Waals surface area contributed by atoms with E-state index in [9.17, 15) is 21.6 Å². The molecule has 1 atom stereocenters. The molecular formula is C16H13BrFNO4S2. The Bertz CT molecular complexity index is 1120. The lowest BCUT2D eigenvalue weighted by atomic mass is 10.2. The third-order valence-electron chi connectivity index (χ3n) is 3.82. The highest BCUT2D eigenvalue weighted by Crippen LogP contribution is 2.35. The van der Waals surface area contributed by atoms with Crippen molar-refractivity contribution in [1.82, 2.24) is 3.97 Å². The largest absolute Gasteiger partial charge is 0.301 e. The van der Waals surface area contributed by atoms with Crippen molar-refractivity contribution in [1.29, 1.82) is 0 Å². The van der Waals surface area contributed by atoms with Gasteiger partial charge in [-0.25, -0.2) is 21.0 Å². The Kier molecular flexibility index (Phi) is 4.61. The van der Waals surface area contributed by atoms with Crippen LogP contribution in [0.5, 0.6) is 0 Å². The molecule has 2 aromatic carbocycles. The molecule has 0 fully saturated rings. The Hall–Kier alpha value is -1.55. The molecule has 1 heterocycles. The molecule has 132 valence electrons.